The molecule has 2 rings (SSSR count). The van der Waals surface area contributed by atoms with Gasteiger partial charge in [-0.25, -0.2) is 17.5 Å². The van der Waals surface area contributed by atoms with Gasteiger partial charge in [0.05, 0.1) is 0 Å². The number of nitrogens with one attached hydrogen (secondary N) is 1. The molecule has 0 aliphatic rings. The molecular weight excluding hydrogens is 279 g/mol. The van der Waals surface area contributed by atoms with Crippen molar-refractivity contribution in [3.63, 3.8) is 0 Å². The van der Waals surface area contributed by atoms with Crippen molar-refractivity contribution in [2.75, 3.05) is 5.73 Å². The number of sulfonamides is 1. The smallest absolute Gasteiger partial charge is 0.243 e. The van der Waals surface area contributed by atoms with Crippen LogP contribution in [0.4, 0.5) is 10.1 Å². The second-order valence-corrected chi connectivity index (χ2v) is 6.18. The Morgan fingerprint density at radius 1 is 1.20 bits per heavy atom. The number of nitrogens with two attached hydrogens (primary N) is 1. The highest BCUT2D eigenvalue weighted by Gasteiger charge is 2.20. The maximum absolute atomic E-state index is 13.8. The van der Waals surface area contributed by atoms with Crippen LogP contribution in [0.2, 0.25) is 0 Å². The molecule has 0 spiro atoms. The van der Waals surface area contributed by atoms with Crippen molar-refractivity contribution in [2.24, 2.45) is 0 Å². The first-order valence-corrected chi connectivity index (χ1v) is 7.47. The zero-order valence-electron chi connectivity index (χ0n) is 10.9. The predicted molar refractivity (Wildman–Crippen MR) is 76.0 cm³/mol. The Labute approximate surface area is 117 Å². The summed E-state index contributed by atoms with van der Waals surface area (Å²) in [7, 11) is -3.93. The number of hydrogen-bond acceptors (Lipinski definition) is 3. The Morgan fingerprint density at radius 2 is 1.85 bits per heavy atom. The fraction of sp³-hybridized carbons (Fsp3) is 0.143. The lowest BCUT2D eigenvalue weighted by molar-refractivity contribution is 0.556. The number of halogens is 1. The van der Waals surface area contributed by atoms with Crippen molar-refractivity contribution in [3.8, 4) is 0 Å². The van der Waals surface area contributed by atoms with Crippen molar-refractivity contribution in [1.82, 2.24) is 4.72 Å². The van der Waals surface area contributed by atoms with Gasteiger partial charge in [0, 0.05) is 12.2 Å². The maximum atomic E-state index is 13.8. The third-order valence-corrected chi connectivity index (χ3v) is 4.34. The summed E-state index contributed by atoms with van der Waals surface area (Å²) in [5.41, 5.74) is 7.17. The Hall–Kier alpha value is -1.92. The Kier molecular flexibility index (Phi) is 4.06. The molecule has 0 atom stereocenters. The quantitative estimate of drug-likeness (QED) is 0.849. The van der Waals surface area contributed by atoms with E-state index in [1.165, 1.54) is 0 Å². The lowest BCUT2D eigenvalue weighted by Crippen LogP contribution is -2.24. The largest absolute Gasteiger partial charge is 0.398 e. The van der Waals surface area contributed by atoms with E-state index < -0.39 is 20.7 Å². The number of benzene rings is 2. The molecular formula is C14H15FN2O2S. The van der Waals surface area contributed by atoms with Gasteiger partial charge in [0.1, 0.15) is 10.7 Å². The molecule has 0 saturated carbocycles. The Morgan fingerprint density at radius 3 is 2.50 bits per heavy atom. The highest BCUT2D eigenvalue weighted by molar-refractivity contribution is 7.89. The van der Waals surface area contributed by atoms with Gasteiger partial charge in [0.25, 0.3) is 0 Å². The van der Waals surface area contributed by atoms with E-state index in [0.29, 0.717) is 5.56 Å². The van der Waals surface area contributed by atoms with E-state index >= 15 is 0 Å². The molecule has 0 aliphatic heterocycles. The standard InChI is InChI=1S/C14H15FN2O2S/c1-10-7-12(15)14(8-13(10)16)20(18,19)17-9-11-5-3-2-4-6-11/h2-8,17H,9,16H2,1H3. The van der Waals surface area contributed by atoms with Crippen LogP contribution in [0.15, 0.2) is 47.4 Å². The molecule has 0 bridgehead atoms. The number of anilines is 1. The minimum atomic E-state index is -3.93. The number of aryl methyl sites for hydroxylation is 1. The van der Waals surface area contributed by atoms with Gasteiger partial charge in [-0.3, -0.25) is 0 Å². The fourth-order valence-electron chi connectivity index (χ4n) is 1.73. The lowest BCUT2D eigenvalue weighted by Gasteiger charge is -2.10. The van der Waals surface area contributed by atoms with E-state index in [1.807, 2.05) is 6.07 Å². The highest BCUT2D eigenvalue weighted by Crippen LogP contribution is 2.21. The third-order valence-electron chi connectivity index (χ3n) is 2.92. The van der Waals surface area contributed by atoms with Gasteiger partial charge in [0.2, 0.25) is 10.0 Å². The van der Waals surface area contributed by atoms with E-state index in [2.05, 4.69) is 4.72 Å². The van der Waals surface area contributed by atoms with Crippen molar-refractivity contribution in [1.29, 1.82) is 0 Å². The monoisotopic (exact) mass is 294 g/mol. The summed E-state index contributed by atoms with van der Waals surface area (Å²) < 4.78 is 40.3. The van der Waals surface area contributed by atoms with Crippen LogP contribution < -0.4 is 10.5 Å². The molecule has 0 aliphatic carbocycles. The van der Waals surface area contributed by atoms with Crippen molar-refractivity contribution >= 4 is 15.7 Å². The van der Waals surface area contributed by atoms with Crippen LogP contribution in [-0.2, 0) is 16.6 Å². The average molecular weight is 294 g/mol. The van der Waals surface area contributed by atoms with Crippen LogP contribution in [0.5, 0.6) is 0 Å². The van der Waals surface area contributed by atoms with Gasteiger partial charge in [0.15, 0.2) is 0 Å². The molecule has 106 valence electrons. The van der Waals surface area contributed by atoms with E-state index in [9.17, 15) is 12.8 Å². The second kappa shape index (κ2) is 5.60. The number of nitrogen functional groups attached to an aromatic ring is 1. The van der Waals surface area contributed by atoms with Crippen LogP contribution >= 0.6 is 0 Å². The predicted octanol–water partition coefficient (Wildman–Crippen LogP) is 2.19. The second-order valence-electron chi connectivity index (χ2n) is 4.45. The Balaban J connectivity index is 2.25. The summed E-state index contributed by atoms with van der Waals surface area (Å²) in [6.07, 6.45) is 0. The van der Waals surface area contributed by atoms with Gasteiger partial charge in [-0.2, -0.15) is 0 Å². The molecule has 0 saturated heterocycles. The molecule has 0 amide bonds. The topological polar surface area (TPSA) is 72.2 Å². The lowest BCUT2D eigenvalue weighted by atomic mass is 10.2. The van der Waals surface area contributed by atoms with Crippen LogP contribution in [0, 0.1) is 12.7 Å². The van der Waals surface area contributed by atoms with E-state index in [0.717, 1.165) is 17.7 Å². The molecule has 6 heteroatoms. The Bertz CT molecular complexity index is 715. The summed E-state index contributed by atoms with van der Waals surface area (Å²) in [5, 5.41) is 0. The van der Waals surface area contributed by atoms with Gasteiger partial charge < -0.3 is 5.73 Å². The van der Waals surface area contributed by atoms with Gasteiger partial charge >= 0.3 is 0 Å². The molecule has 2 aromatic carbocycles. The normalized spacial score (nSPS) is 11.5. The summed E-state index contributed by atoms with van der Waals surface area (Å²) in [6, 6.07) is 11.2. The van der Waals surface area contributed by atoms with E-state index in [4.69, 9.17) is 5.73 Å². The molecule has 0 aromatic heterocycles. The highest BCUT2D eigenvalue weighted by atomic mass is 32.2. The zero-order valence-corrected chi connectivity index (χ0v) is 11.7. The summed E-state index contributed by atoms with van der Waals surface area (Å²) in [6.45, 7) is 1.71. The van der Waals surface area contributed by atoms with Crippen LogP contribution in [0.3, 0.4) is 0 Å². The minimum absolute atomic E-state index is 0.0936. The minimum Gasteiger partial charge on any atom is -0.398 e. The molecule has 0 unspecified atom stereocenters. The molecule has 0 radical (unpaired) electrons. The van der Waals surface area contributed by atoms with Crippen LogP contribution in [0.25, 0.3) is 0 Å². The van der Waals surface area contributed by atoms with Gasteiger partial charge in [-0.15, -0.1) is 0 Å². The first kappa shape index (κ1) is 14.5. The number of hydrogen-bond donors (Lipinski definition) is 2. The van der Waals surface area contributed by atoms with Crippen molar-refractivity contribution in [2.45, 2.75) is 18.4 Å². The SMILES string of the molecule is Cc1cc(F)c(S(=O)(=O)NCc2ccccc2)cc1N. The molecule has 20 heavy (non-hydrogen) atoms. The average Bonchev–Trinajstić information content (AvgIpc) is 2.42. The molecule has 0 heterocycles. The first-order chi connectivity index (χ1) is 9.40. The zero-order chi connectivity index (χ0) is 14.8. The van der Waals surface area contributed by atoms with Crippen LogP contribution in [0.1, 0.15) is 11.1 Å². The molecule has 4 nitrogen and oxygen atoms in total. The van der Waals surface area contributed by atoms with Gasteiger partial charge in [-0.05, 0) is 30.2 Å². The maximum Gasteiger partial charge on any atom is 0.243 e. The summed E-state index contributed by atoms with van der Waals surface area (Å²) in [4.78, 5) is -0.434. The van der Waals surface area contributed by atoms with Crippen LogP contribution in [-0.4, -0.2) is 8.42 Å². The summed E-state index contributed by atoms with van der Waals surface area (Å²) in [5.74, 6) is -0.808. The molecule has 0 fully saturated rings. The molecule has 3 N–H and O–H groups in total. The number of rotatable bonds is 4. The van der Waals surface area contributed by atoms with Gasteiger partial charge in [-0.1, -0.05) is 30.3 Å². The fourth-order valence-corrected chi connectivity index (χ4v) is 2.84. The molecule has 2 aromatic rings. The van der Waals surface area contributed by atoms with E-state index in [1.54, 1.807) is 31.2 Å². The first-order valence-electron chi connectivity index (χ1n) is 5.99. The summed E-state index contributed by atoms with van der Waals surface area (Å²) >= 11 is 0. The van der Waals surface area contributed by atoms with Crippen molar-refractivity contribution in [3.05, 3.63) is 59.4 Å². The van der Waals surface area contributed by atoms with E-state index in [-0.39, 0.29) is 12.2 Å². The van der Waals surface area contributed by atoms with Crippen molar-refractivity contribution < 1.29 is 12.8 Å². The third kappa shape index (κ3) is 3.15.